The summed E-state index contributed by atoms with van der Waals surface area (Å²) in [6.07, 6.45) is 2.71. The molecule has 0 saturated carbocycles. The van der Waals surface area contributed by atoms with Crippen LogP contribution in [-0.4, -0.2) is 36.3 Å². The van der Waals surface area contributed by atoms with Crippen molar-refractivity contribution < 1.29 is 18.3 Å². The third kappa shape index (κ3) is 4.12. The van der Waals surface area contributed by atoms with Crippen molar-refractivity contribution in [3.8, 4) is 0 Å². The van der Waals surface area contributed by atoms with Crippen LogP contribution < -0.4 is 5.43 Å². The van der Waals surface area contributed by atoms with E-state index in [9.17, 15) is 14.0 Å². The number of benzene rings is 2. The zero-order valence-corrected chi connectivity index (χ0v) is 18.5. The molecule has 0 radical (unpaired) electrons. The molecule has 1 aromatic heterocycles. The summed E-state index contributed by atoms with van der Waals surface area (Å²) in [6, 6.07) is 11.0. The number of carbonyl (C=O) groups is 1. The molecular weight excluding hydrogens is 417 g/mol. The Kier molecular flexibility index (Phi) is 6.16. The van der Waals surface area contributed by atoms with E-state index in [1.54, 1.807) is 16.7 Å². The highest BCUT2D eigenvalue weighted by atomic mass is 32.2. The molecule has 0 aliphatic carbocycles. The lowest BCUT2D eigenvalue weighted by Crippen LogP contribution is -2.31. The SMILES string of the molecule is CSc1ccc([C@@H]2c3c(oc4ccc(F)cc4c3=O)C(=O)N2CCCOC(C)C)cc1. The van der Waals surface area contributed by atoms with Gasteiger partial charge in [0.05, 0.1) is 23.1 Å². The Morgan fingerprint density at radius 1 is 1.16 bits per heavy atom. The van der Waals surface area contributed by atoms with Gasteiger partial charge < -0.3 is 14.1 Å². The highest BCUT2D eigenvalue weighted by Crippen LogP contribution is 2.38. The Morgan fingerprint density at radius 2 is 1.90 bits per heavy atom. The summed E-state index contributed by atoms with van der Waals surface area (Å²) in [5.41, 5.74) is 0.923. The standard InChI is InChI=1S/C24H24FNO4S/c1-14(2)29-12-4-11-26-21(15-5-8-17(31-3)9-6-15)20-22(27)18-13-16(25)7-10-19(18)30-23(20)24(26)28/h5-10,13-14,21H,4,11-12H2,1-3H3/t21-/m1/s1. The summed E-state index contributed by atoms with van der Waals surface area (Å²) in [7, 11) is 0. The minimum atomic E-state index is -0.582. The predicted octanol–water partition coefficient (Wildman–Crippen LogP) is 5.01. The Morgan fingerprint density at radius 3 is 2.58 bits per heavy atom. The second-order valence-corrected chi connectivity index (χ2v) is 8.64. The third-order valence-corrected chi connectivity index (χ3v) is 6.10. The number of nitrogens with zero attached hydrogens (tertiary/aromatic N) is 1. The van der Waals surface area contributed by atoms with Crippen molar-refractivity contribution in [2.75, 3.05) is 19.4 Å². The van der Waals surface area contributed by atoms with Gasteiger partial charge in [0.25, 0.3) is 5.91 Å². The van der Waals surface area contributed by atoms with Crippen LogP contribution in [0.5, 0.6) is 0 Å². The van der Waals surface area contributed by atoms with Gasteiger partial charge in [0.15, 0.2) is 5.43 Å². The number of amides is 1. The summed E-state index contributed by atoms with van der Waals surface area (Å²) < 4.78 is 25.3. The van der Waals surface area contributed by atoms with Gasteiger partial charge in [0.1, 0.15) is 11.4 Å². The number of rotatable bonds is 7. The van der Waals surface area contributed by atoms with Crippen LogP contribution >= 0.6 is 11.8 Å². The first kappa shape index (κ1) is 21.6. The van der Waals surface area contributed by atoms with E-state index in [0.717, 1.165) is 10.5 Å². The van der Waals surface area contributed by atoms with Crippen LogP contribution in [-0.2, 0) is 4.74 Å². The number of thioether (sulfide) groups is 1. The third-order valence-electron chi connectivity index (χ3n) is 5.35. The van der Waals surface area contributed by atoms with E-state index >= 15 is 0 Å². The Balaban J connectivity index is 1.81. The largest absolute Gasteiger partial charge is 0.450 e. The highest BCUT2D eigenvalue weighted by Gasteiger charge is 2.42. The van der Waals surface area contributed by atoms with Gasteiger partial charge in [-0.2, -0.15) is 0 Å². The van der Waals surface area contributed by atoms with E-state index in [0.29, 0.717) is 19.6 Å². The van der Waals surface area contributed by atoms with Gasteiger partial charge in [-0.05, 0) is 62.4 Å². The van der Waals surface area contributed by atoms with Crippen molar-refractivity contribution in [3.63, 3.8) is 0 Å². The molecule has 162 valence electrons. The summed E-state index contributed by atoms with van der Waals surface area (Å²) in [5, 5.41) is 0.141. The van der Waals surface area contributed by atoms with Crippen LogP contribution in [0, 0.1) is 5.82 Å². The van der Waals surface area contributed by atoms with Crippen LogP contribution in [0.3, 0.4) is 0 Å². The molecule has 2 heterocycles. The van der Waals surface area contributed by atoms with Gasteiger partial charge in [-0.3, -0.25) is 9.59 Å². The smallest absolute Gasteiger partial charge is 0.290 e. The van der Waals surface area contributed by atoms with Crippen molar-refractivity contribution in [1.29, 1.82) is 0 Å². The topological polar surface area (TPSA) is 59.8 Å². The molecule has 31 heavy (non-hydrogen) atoms. The Labute approximate surface area is 184 Å². The van der Waals surface area contributed by atoms with Crippen molar-refractivity contribution in [2.45, 2.75) is 37.3 Å². The van der Waals surface area contributed by atoms with Crippen molar-refractivity contribution in [1.82, 2.24) is 4.90 Å². The summed E-state index contributed by atoms with van der Waals surface area (Å²) >= 11 is 1.61. The molecule has 5 nitrogen and oxygen atoms in total. The van der Waals surface area contributed by atoms with Crippen LogP contribution in [0.1, 0.15) is 48.0 Å². The quantitative estimate of drug-likeness (QED) is 0.381. The monoisotopic (exact) mass is 441 g/mol. The molecule has 1 aliphatic rings. The minimum Gasteiger partial charge on any atom is -0.450 e. The average molecular weight is 442 g/mol. The molecule has 0 spiro atoms. The van der Waals surface area contributed by atoms with E-state index in [1.165, 1.54) is 18.2 Å². The average Bonchev–Trinajstić information content (AvgIpc) is 3.04. The van der Waals surface area contributed by atoms with Gasteiger partial charge in [-0.15, -0.1) is 11.8 Å². The van der Waals surface area contributed by atoms with E-state index in [1.807, 2.05) is 44.4 Å². The first-order chi connectivity index (χ1) is 14.9. The van der Waals surface area contributed by atoms with E-state index in [4.69, 9.17) is 9.15 Å². The maximum atomic E-state index is 13.8. The van der Waals surface area contributed by atoms with Crippen LogP contribution in [0.4, 0.5) is 4.39 Å². The molecule has 1 amide bonds. The molecule has 0 N–H and O–H groups in total. The zero-order chi connectivity index (χ0) is 22.1. The van der Waals surface area contributed by atoms with Crippen LogP contribution in [0.15, 0.2) is 56.6 Å². The molecule has 0 saturated heterocycles. The Bertz CT molecular complexity index is 1170. The fraction of sp³-hybridized carbons (Fsp3) is 0.333. The second-order valence-electron chi connectivity index (χ2n) is 7.76. The molecule has 4 rings (SSSR count). The number of halogens is 1. The first-order valence-electron chi connectivity index (χ1n) is 10.2. The lowest BCUT2D eigenvalue weighted by molar-refractivity contribution is 0.0593. The molecule has 1 atom stereocenters. The number of carbonyl (C=O) groups excluding carboxylic acids is 1. The summed E-state index contributed by atoms with van der Waals surface area (Å²) in [5.74, 6) is -0.817. The molecule has 7 heteroatoms. The number of fused-ring (bicyclic) bond motifs is 2. The van der Waals surface area contributed by atoms with E-state index in [2.05, 4.69) is 0 Å². The fourth-order valence-corrected chi connectivity index (χ4v) is 4.32. The first-order valence-corrected chi connectivity index (χ1v) is 11.5. The fourth-order valence-electron chi connectivity index (χ4n) is 3.91. The number of hydrogen-bond donors (Lipinski definition) is 0. The molecule has 1 aliphatic heterocycles. The van der Waals surface area contributed by atoms with Crippen molar-refractivity contribution in [2.24, 2.45) is 0 Å². The van der Waals surface area contributed by atoms with Gasteiger partial charge in [-0.1, -0.05) is 12.1 Å². The predicted molar refractivity (Wildman–Crippen MR) is 119 cm³/mol. The van der Waals surface area contributed by atoms with Gasteiger partial charge >= 0.3 is 0 Å². The lowest BCUT2D eigenvalue weighted by atomic mass is 9.98. The molecule has 0 bridgehead atoms. The molecule has 0 fully saturated rings. The Hall–Kier alpha value is -2.64. The minimum absolute atomic E-state index is 0.0350. The molecule has 3 aromatic rings. The highest BCUT2D eigenvalue weighted by molar-refractivity contribution is 7.98. The summed E-state index contributed by atoms with van der Waals surface area (Å²) in [4.78, 5) is 29.4. The molecule has 0 unspecified atom stereocenters. The van der Waals surface area contributed by atoms with Gasteiger partial charge in [-0.25, -0.2) is 4.39 Å². The summed E-state index contributed by atoms with van der Waals surface area (Å²) in [6.45, 7) is 4.83. The lowest BCUT2D eigenvalue weighted by Gasteiger charge is -2.25. The van der Waals surface area contributed by atoms with Crippen LogP contribution in [0.2, 0.25) is 0 Å². The van der Waals surface area contributed by atoms with E-state index in [-0.39, 0.29) is 39.7 Å². The maximum absolute atomic E-state index is 13.8. The van der Waals surface area contributed by atoms with Crippen LogP contribution in [0.25, 0.3) is 11.0 Å². The van der Waals surface area contributed by atoms with Crippen molar-refractivity contribution >= 4 is 28.6 Å². The van der Waals surface area contributed by atoms with Gasteiger partial charge in [0.2, 0.25) is 5.76 Å². The second kappa shape index (κ2) is 8.85. The zero-order valence-electron chi connectivity index (χ0n) is 17.7. The maximum Gasteiger partial charge on any atom is 0.290 e. The van der Waals surface area contributed by atoms with E-state index < -0.39 is 11.9 Å². The molecule has 2 aromatic carbocycles. The van der Waals surface area contributed by atoms with Crippen molar-refractivity contribution in [3.05, 3.63) is 75.4 Å². The van der Waals surface area contributed by atoms with Gasteiger partial charge in [0, 0.05) is 18.0 Å². The number of ether oxygens (including phenoxy) is 1. The molecular formula is C24H24FNO4S. The normalized spacial score (nSPS) is 15.8. The number of hydrogen-bond acceptors (Lipinski definition) is 5.